The van der Waals surface area contributed by atoms with E-state index in [-0.39, 0.29) is 11.7 Å². The highest BCUT2D eigenvalue weighted by Crippen LogP contribution is 2.58. The number of ketones is 1. The third kappa shape index (κ3) is 4.14. The largest absolute Gasteiger partial charge is 0.451 e. The first kappa shape index (κ1) is 27.8. The van der Waals surface area contributed by atoms with Gasteiger partial charge in [0.15, 0.2) is 11.9 Å². The van der Waals surface area contributed by atoms with Crippen LogP contribution in [0.2, 0.25) is 0 Å². The van der Waals surface area contributed by atoms with Crippen LogP contribution in [0.15, 0.2) is 146 Å². The molecule has 0 aromatic heterocycles. The van der Waals surface area contributed by atoms with E-state index in [0.717, 1.165) is 22.4 Å². The van der Waals surface area contributed by atoms with Gasteiger partial charge in [-0.15, -0.1) is 0 Å². The molecule has 4 atom stereocenters. The molecular formula is C40H30N2O4. The highest BCUT2D eigenvalue weighted by atomic mass is 16.5. The summed E-state index contributed by atoms with van der Waals surface area (Å²) >= 11 is 0. The average Bonchev–Trinajstić information content (AvgIpc) is 3.60. The van der Waals surface area contributed by atoms with E-state index in [9.17, 15) is 9.59 Å². The molecule has 0 bridgehead atoms. The standard InChI is InChI=1S/C40H30N2O4/c43-36(27-15-4-1-5-16-27)34-35(38(44)46-37(28-17-6-2-7-18-28)29-19-8-3-9-20-29)42-32-23-13-10-14-26(32)24-25-33(42)40(34)30-21-11-12-22-31(30)41-39(40)45/h1-25,33-35,37H,(H,41,45)/t33-,34-,35+,40+/m1/s1. The first-order valence-electron chi connectivity index (χ1n) is 15.4. The van der Waals surface area contributed by atoms with Gasteiger partial charge in [-0.25, -0.2) is 4.79 Å². The van der Waals surface area contributed by atoms with E-state index in [4.69, 9.17) is 4.74 Å². The predicted octanol–water partition coefficient (Wildman–Crippen LogP) is 6.99. The van der Waals surface area contributed by atoms with Crippen molar-refractivity contribution >= 4 is 35.1 Å². The molecule has 5 aromatic rings. The van der Waals surface area contributed by atoms with Crippen LogP contribution in [0.4, 0.5) is 11.4 Å². The molecule has 8 rings (SSSR count). The molecule has 224 valence electrons. The summed E-state index contributed by atoms with van der Waals surface area (Å²) in [7, 11) is 0. The van der Waals surface area contributed by atoms with Gasteiger partial charge in [-0.3, -0.25) is 9.59 Å². The Labute approximate surface area is 267 Å². The molecule has 1 fully saturated rings. The number of ether oxygens (including phenoxy) is 1. The summed E-state index contributed by atoms with van der Waals surface area (Å²) in [5, 5.41) is 3.07. The van der Waals surface area contributed by atoms with Crippen LogP contribution in [-0.2, 0) is 19.7 Å². The molecule has 1 saturated heterocycles. The lowest BCUT2D eigenvalue weighted by Gasteiger charge is -2.37. The minimum Gasteiger partial charge on any atom is -0.451 e. The molecule has 3 aliphatic rings. The van der Waals surface area contributed by atoms with Gasteiger partial charge >= 0.3 is 5.97 Å². The van der Waals surface area contributed by atoms with Gasteiger partial charge in [-0.1, -0.05) is 140 Å². The summed E-state index contributed by atoms with van der Waals surface area (Å²) in [6.45, 7) is 0. The van der Waals surface area contributed by atoms with E-state index in [1.165, 1.54) is 0 Å². The molecule has 6 nitrogen and oxygen atoms in total. The first-order valence-corrected chi connectivity index (χ1v) is 15.4. The van der Waals surface area contributed by atoms with E-state index >= 15 is 4.79 Å². The fourth-order valence-electron chi connectivity index (χ4n) is 7.64. The Bertz CT molecular complexity index is 1950. The van der Waals surface area contributed by atoms with Gasteiger partial charge in [0.2, 0.25) is 5.91 Å². The maximum absolute atomic E-state index is 15.0. The molecule has 1 amide bonds. The summed E-state index contributed by atoms with van der Waals surface area (Å²) in [5.41, 5.74) is 3.66. The second-order valence-electron chi connectivity index (χ2n) is 11.9. The molecule has 0 saturated carbocycles. The maximum atomic E-state index is 15.0. The Balaban J connectivity index is 1.35. The zero-order valence-electron chi connectivity index (χ0n) is 24.8. The van der Waals surface area contributed by atoms with Crippen molar-refractivity contribution < 1.29 is 19.1 Å². The lowest BCUT2D eigenvalue weighted by Crippen LogP contribution is -2.51. The van der Waals surface area contributed by atoms with Crippen molar-refractivity contribution in [2.45, 2.75) is 23.6 Å². The average molecular weight is 603 g/mol. The number of carbonyl (C=O) groups is 3. The second kappa shape index (κ2) is 11.0. The number of nitrogens with one attached hydrogen (secondary N) is 1. The number of benzene rings is 5. The lowest BCUT2D eigenvalue weighted by atomic mass is 9.64. The van der Waals surface area contributed by atoms with Gasteiger partial charge < -0.3 is 15.0 Å². The number of anilines is 2. The van der Waals surface area contributed by atoms with Crippen LogP contribution in [0.1, 0.15) is 38.7 Å². The van der Waals surface area contributed by atoms with Gasteiger partial charge in [0.1, 0.15) is 11.5 Å². The number of Topliss-reactive ketones (excluding diaryl/α,β-unsaturated/α-hetero) is 1. The number of esters is 1. The van der Waals surface area contributed by atoms with Gasteiger partial charge in [0.05, 0.1) is 12.0 Å². The van der Waals surface area contributed by atoms with Gasteiger partial charge in [-0.2, -0.15) is 0 Å². The summed E-state index contributed by atoms with van der Waals surface area (Å²) in [6.07, 6.45) is 3.23. The van der Waals surface area contributed by atoms with E-state index in [0.29, 0.717) is 16.8 Å². The van der Waals surface area contributed by atoms with E-state index in [1.807, 2.05) is 132 Å². The van der Waals surface area contributed by atoms with Crippen LogP contribution in [0, 0.1) is 5.92 Å². The fraction of sp³-hybridized carbons (Fsp3) is 0.125. The number of hydrogen-bond acceptors (Lipinski definition) is 5. The van der Waals surface area contributed by atoms with Crippen LogP contribution in [-0.4, -0.2) is 29.7 Å². The maximum Gasteiger partial charge on any atom is 0.330 e. The number of hydrogen-bond donors (Lipinski definition) is 1. The van der Waals surface area contributed by atoms with Gasteiger partial charge in [-0.05, 0) is 34.4 Å². The highest BCUT2D eigenvalue weighted by molar-refractivity contribution is 6.16. The molecular weight excluding hydrogens is 572 g/mol. The minimum absolute atomic E-state index is 0.286. The van der Waals surface area contributed by atoms with Gasteiger partial charge in [0, 0.05) is 16.9 Å². The van der Waals surface area contributed by atoms with Crippen molar-refractivity contribution in [3.8, 4) is 0 Å². The summed E-state index contributed by atoms with van der Waals surface area (Å²) in [6, 6.07) is 41.6. The van der Waals surface area contributed by atoms with Crippen LogP contribution in [0.3, 0.4) is 0 Å². The van der Waals surface area contributed by atoms with Crippen LogP contribution < -0.4 is 10.2 Å². The zero-order valence-corrected chi connectivity index (χ0v) is 24.8. The minimum atomic E-state index is -1.40. The molecule has 0 aliphatic carbocycles. The van der Waals surface area contributed by atoms with Crippen molar-refractivity contribution in [2.24, 2.45) is 5.92 Å². The Morgan fingerprint density at radius 3 is 2.00 bits per heavy atom. The monoisotopic (exact) mass is 602 g/mol. The Morgan fingerprint density at radius 1 is 0.717 bits per heavy atom. The summed E-state index contributed by atoms with van der Waals surface area (Å²) in [5.74, 6) is -2.26. The highest BCUT2D eigenvalue weighted by Gasteiger charge is 2.71. The van der Waals surface area contributed by atoms with Crippen molar-refractivity contribution in [3.63, 3.8) is 0 Å². The number of carbonyl (C=O) groups excluding carboxylic acids is 3. The van der Waals surface area contributed by atoms with E-state index < -0.39 is 35.5 Å². The summed E-state index contributed by atoms with van der Waals surface area (Å²) in [4.78, 5) is 46.4. The fourth-order valence-corrected chi connectivity index (χ4v) is 7.64. The van der Waals surface area contributed by atoms with E-state index in [2.05, 4.69) is 5.32 Å². The molecule has 1 N–H and O–H groups in total. The Hall–Kier alpha value is -5.75. The topological polar surface area (TPSA) is 75.7 Å². The number of amides is 1. The second-order valence-corrected chi connectivity index (χ2v) is 11.9. The number of para-hydroxylation sites is 2. The molecule has 0 radical (unpaired) electrons. The predicted molar refractivity (Wildman–Crippen MR) is 177 cm³/mol. The quantitative estimate of drug-likeness (QED) is 0.168. The zero-order chi connectivity index (χ0) is 31.3. The van der Waals surface area contributed by atoms with Crippen LogP contribution in [0.5, 0.6) is 0 Å². The number of fused-ring (bicyclic) bond motifs is 6. The number of nitrogens with zero attached hydrogens (tertiary/aromatic N) is 1. The van der Waals surface area contributed by atoms with Crippen LogP contribution >= 0.6 is 0 Å². The normalized spacial score (nSPS) is 22.2. The van der Waals surface area contributed by atoms with Crippen molar-refractivity contribution in [1.82, 2.24) is 0 Å². The smallest absolute Gasteiger partial charge is 0.330 e. The third-order valence-corrected chi connectivity index (χ3v) is 9.56. The van der Waals surface area contributed by atoms with Crippen molar-refractivity contribution in [2.75, 3.05) is 10.2 Å². The third-order valence-electron chi connectivity index (χ3n) is 9.56. The molecule has 46 heavy (non-hydrogen) atoms. The Kier molecular flexibility index (Phi) is 6.64. The van der Waals surface area contributed by atoms with Crippen LogP contribution in [0.25, 0.3) is 6.08 Å². The number of rotatable bonds is 6. The van der Waals surface area contributed by atoms with Crippen molar-refractivity contribution in [1.29, 1.82) is 0 Å². The molecule has 6 heteroatoms. The lowest BCUT2D eigenvalue weighted by molar-refractivity contribution is -0.150. The molecule has 1 spiro atoms. The molecule has 5 aromatic carbocycles. The van der Waals surface area contributed by atoms with Crippen molar-refractivity contribution in [3.05, 3.63) is 173 Å². The molecule has 0 unspecified atom stereocenters. The SMILES string of the molecule is O=C(OC(c1ccccc1)c1ccccc1)[C@@H]1[C@H](C(=O)c2ccccc2)[C@@]2(C(=O)Nc3ccccc32)[C@H]2C=Cc3ccccc3N12. The van der Waals surface area contributed by atoms with Gasteiger partial charge in [0.25, 0.3) is 0 Å². The first-order chi connectivity index (χ1) is 22.6. The Morgan fingerprint density at radius 2 is 1.30 bits per heavy atom. The summed E-state index contributed by atoms with van der Waals surface area (Å²) < 4.78 is 6.52. The molecule has 3 aliphatic heterocycles. The molecule has 3 heterocycles. The van der Waals surface area contributed by atoms with E-state index in [1.54, 1.807) is 24.3 Å².